The average molecular weight is 256 g/mol. The second kappa shape index (κ2) is 6.55. The number of hydrogen-bond acceptors (Lipinski definition) is 2. The van der Waals surface area contributed by atoms with Crippen LogP contribution in [0.25, 0.3) is 0 Å². The Morgan fingerprint density at radius 3 is 2.22 bits per heavy atom. The van der Waals surface area contributed by atoms with Gasteiger partial charge in [0.25, 0.3) is 0 Å². The molecule has 0 spiro atoms. The van der Waals surface area contributed by atoms with E-state index in [9.17, 15) is 9.90 Å². The smallest absolute Gasteiger partial charge is 0.309 e. The van der Waals surface area contributed by atoms with Gasteiger partial charge in [-0.2, -0.15) is 0 Å². The Kier molecular flexibility index (Phi) is 5.64. The molecule has 1 aliphatic rings. The van der Waals surface area contributed by atoms with Gasteiger partial charge in [-0.05, 0) is 57.8 Å². The SMILES string of the molecule is CC(C)OCCC1(C(=O)O)CCC(C(C)C)CC1. The summed E-state index contributed by atoms with van der Waals surface area (Å²) < 4.78 is 5.53. The summed E-state index contributed by atoms with van der Waals surface area (Å²) in [5.74, 6) is 0.740. The van der Waals surface area contributed by atoms with Gasteiger partial charge < -0.3 is 9.84 Å². The predicted molar refractivity (Wildman–Crippen MR) is 72.6 cm³/mol. The van der Waals surface area contributed by atoms with Crippen LogP contribution in [-0.4, -0.2) is 23.8 Å². The Hall–Kier alpha value is -0.570. The van der Waals surface area contributed by atoms with Crippen molar-refractivity contribution in [2.75, 3.05) is 6.61 Å². The third kappa shape index (κ3) is 3.98. The van der Waals surface area contributed by atoms with E-state index in [0.29, 0.717) is 24.9 Å². The minimum atomic E-state index is -0.628. The highest BCUT2D eigenvalue weighted by Gasteiger charge is 2.42. The lowest BCUT2D eigenvalue weighted by Gasteiger charge is -2.38. The Morgan fingerprint density at radius 1 is 1.28 bits per heavy atom. The standard InChI is InChI=1S/C15H28O3/c1-11(2)13-5-7-15(8-6-13,14(16)17)9-10-18-12(3)4/h11-13H,5-10H2,1-4H3,(H,16,17). The van der Waals surface area contributed by atoms with Gasteiger partial charge in [0, 0.05) is 6.61 Å². The van der Waals surface area contributed by atoms with Gasteiger partial charge in [0.05, 0.1) is 11.5 Å². The molecular formula is C15H28O3. The van der Waals surface area contributed by atoms with E-state index in [2.05, 4.69) is 13.8 Å². The largest absolute Gasteiger partial charge is 0.481 e. The maximum atomic E-state index is 11.6. The van der Waals surface area contributed by atoms with Crippen molar-refractivity contribution in [1.29, 1.82) is 0 Å². The molecule has 0 heterocycles. The molecule has 0 unspecified atom stereocenters. The maximum absolute atomic E-state index is 11.6. The molecule has 1 fully saturated rings. The Balaban J connectivity index is 2.53. The molecule has 0 aromatic heterocycles. The van der Waals surface area contributed by atoms with Crippen molar-refractivity contribution in [3.05, 3.63) is 0 Å². The van der Waals surface area contributed by atoms with Crippen molar-refractivity contribution in [3.8, 4) is 0 Å². The highest BCUT2D eigenvalue weighted by atomic mass is 16.5. The number of hydrogen-bond donors (Lipinski definition) is 1. The minimum Gasteiger partial charge on any atom is -0.481 e. The van der Waals surface area contributed by atoms with Gasteiger partial charge >= 0.3 is 5.97 Å². The van der Waals surface area contributed by atoms with Crippen LogP contribution in [0.4, 0.5) is 0 Å². The van der Waals surface area contributed by atoms with Crippen LogP contribution in [0.15, 0.2) is 0 Å². The van der Waals surface area contributed by atoms with Crippen LogP contribution >= 0.6 is 0 Å². The second-order valence-electron chi connectivity index (χ2n) is 6.34. The lowest BCUT2D eigenvalue weighted by Crippen LogP contribution is -2.37. The maximum Gasteiger partial charge on any atom is 0.309 e. The third-order valence-corrected chi connectivity index (χ3v) is 4.42. The van der Waals surface area contributed by atoms with E-state index in [4.69, 9.17) is 4.74 Å². The van der Waals surface area contributed by atoms with Crippen LogP contribution in [0.2, 0.25) is 0 Å². The molecule has 0 atom stereocenters. The second-order valence-corrected chi connectivity index (χ2v) is 6.34. The molecule has 1 saturated carbocycles. The molecule has 3 heteroatoms. The normalized spacial score (nSPS) is 28.9. The fourth-order valence-electron chi connectivity index (χ4n) is 2.92. The fraction of sp³-hybridized carbons (Fsp3) is 0.933. The zero-order chi connectivity index (χ0) is 13.8. The summed E-state index contributed by atoms with van der Waals surface area (Å²) in [5, 5.41) is 9.52. The van der Waals surface area contributed by atoms with Crippen molar-refractivity contribution >= 4 is 5.97 Å². The van der Waals surface area contributed by atoms with Crippen molar-refractivity contribution in [2.24, 2.45) is 17.3 Å². The van der Waals surface area contributed by atoms with Crippen molar-refractivity contribution in [2.45, 2.75) is 65.9 Å². The van der Waals surface area contributed by atoms with Gasteiger partial charge in [0.2, 0.25) is 0 Å². The quantitative estimate of drug-likeness (QED) is 0.788. The summed E-state index contributed by atoms with van der Waals surface area (Å²) in [7, 11) is 0. The summed E-state index contributed by atoms with van der Waals surface area (Å²) in [4.78, 5) is 11.6. The van der Waals surface area contributed by atoms with Crippen LogP contribution < -0.4 is 0 Å². The van der Waals surface area contributed by atoms with E-state index in [1.807, 2.05) is 13.8 Å². The first-order chi connectivity index (χ1) is 8.37. The minimum absolute atomic E-state index is 0.183. The number of carbonyl (C=O) groups is 1. The van der Waals surface area contributed by atoms with E-state index >= 15 is 0 Å². The molecule has 0 saturated heterocycles. The van der Waals surface area contributed by atoms with Gasteiger partial charge in [-0.15, -0.1) is 0 Å². The third-order valence-electron chi connectivity index (χ3n) is 4.42. The van der Waals surface area contributed by atoms with Crippen LogP contribution in [-0.2, 0) is 9.53 Å². The van der Waals surface area contributed by atoms with Crippen LogP contribution in [0.1, 0.15) is 59.8 Å². The molecule has 3 nitrogen and oxygen atoms in total. The molecular weight excluding hydrogens is 228 g/mol. The predicted octanol–water partition coefficient (Wildman–Crippen LogP) is 3.72. The average Bonchev–Trinajstić information content (AvgIpc) is 2.28. The number of carboxylic acid groups (broad SMARTS) is 1. The summed E-state index contributed by atoms with van der Waals surface area (Å²) in [6.45, 7) is 9.02. The van der Waals surface area contributed by atoms with Gasteiger partial charge in [-0.25, -0.2) is 0 Å². The highest BCUT2D eigenvalue weighted by Crippen LogP contribution is 2.44. The fourth-order valence-corrected chi connectivity index (χ4v) is 2.92. The summed E-state index contributed by atoms with van der Waals surface area (Å²) >= 11 is 0. The van der Waals surface area contributed by atoms with Gasteiger partial charge in [-0.1, -0.05) is 13.8 Å². The lowest BCUT2D eigenvalue weighted by atomic mass is 9.66. The van der Waals surface area contributed by atoms with Crippen molar-refractivity contribution in [3.63, 3.8) is 0 Å². The summed E-state index contributed by atoms with van der Waals surface area (Å²) in [6.07, 6.45) is 4.56. The van der Waals surface area contributed by atoms with Crippen LogP contribution in [0.3, 0.4) is 0 Å². The molecule has 0 amide bonds. The first-order valence-corrected chi connectivity index (χ1v) is 7.22. The molecule has 0 aromatic carbocycles. The number of carboxylic acids is 1. The molecule has 1 N–H and O–H groups in total. The van der Waals surface area contributed by atoms with E-state index < -0.39 is 11.4 Å². The monoisotopic (exact) mass is 256 g/mol. The van der Waals surface area contributed by atoms with E-state index in [-0.39, 0.29) is 6.10 Å². The Morgan fingerprint density at radius 2 is 1.83 bits per heavy atom. The van der Waals surface area contributed by atoms with Gasteiger partial charge in [0.15, 0.2) is 0 Å². The molecule has 1 rings (SSSR count). The van der Waals surface area contributed by atoms with Gasteiger partial charge in [0.1, 0.15) is 0 Å². The highest BCUT2D eigenvalue weighted by molar-refractivity contribution is 5.74. The molecule has 0 aromatic rings. The Labute approximate surface area is 111 Å². The van der Waals surface area contributed by atoms with Crippen LogP contribution in [0, 0.1) is 17.3 Å². The van der Waals surface area contributed by atoms with Crippen molar-refractivity contribution < 1.29 is 14.6 Å². The topological polar surface area (TPSA) is 46.5 Å². The molecule has 106 valence electrons. The molecule has 1 aliphatic carbocycles. The zero-order valence-electron chi connectivity index (χ0n) is 12.2. The number of aliphatic carboxylic acids is 1. The first-order valence-electron chi connectivity index (χ1n) is 7.22. The number of ether oxygens (including phenoxy) is 1. The molecule has 0 aliphatic heterocycles. The first kappa shape index (κ1) is 15.5. The van der Waals surface area contributed by atoms with Crippen molar-refractivity contribution in [1.82, 2.24) is 0 Å². The molecule has 0 radical (unpaired) electrons. The Bertz CT molecular complexity index is 257. The summed E-state index contributed by atoms with van der Waals surface area (Å²) in [5.41, 5.74) is -0.527. The molecule has 18 heavy (non-hydrogen) atoms. The lowest BCUT2D eigenvalue weighted by molar-refractivity contribution is -0.153. The van der Waals surface area contributed by atoms with E-state index in [1.165, 1.54) is 0 Å². The van der Waals surface area contributed by atoms with E-state index in [1.54, 1.807) is 0 Å². The molecule has 0 bridgehead atoms. The van der Waals surface area contributed by atoms with Gasteiger partial charge in [-0.3, -0.25) is 4.79 Å². The summed E-state index contributed by atoms with van der Waals surface area (Å²) in [6, 6.07) is 0. The van der Waals surface area contributed by atoms with Crippen LogP contribution in [0.5, 0.6) is 0 Å². The van der Waals surface area contributed by atoms with E-state index in [0.717, 1.165) is 25.7 Å². The number of rotatable bonds is 6. The zero-order valence-corrected chi connectivity index (χ0v) is 12.2.